The second-order valence-electron chi connectivity index (χ2n) is 23.1. The maximum atomic E-state index is 2.71. The molecule has 3 heterocycles. The summed E-state index contributed by atoms with van der Waals surface area (Å²) in [6.45, 7) is -0.256. The lowest BCUT2D eigenvalue weighted by molar-refractivity contribution is 1.18. The van der Waals surface area contributed by atoms with Crippen molar-refractivity contribution in [1.82, 2.24) is 4.57 Å². The first-order valence-corrected chi connectivity index (χ1v) is 30.7. The molecule has 416 valence electrons. The van der Waals surface area contributed by atoms with Gasteiger partial charge < -0.3 is 19.3 Å². The number of para-hydroxylation sites is 6. The van der Waals surface area contributed by atoms with Gasteiger partial charge in [0.25, 0.3) is 6.71 Å². The smallest absolute Gasteiger partial charge is 0.252 e. The van der Waals surface area contributed by atoms with Gasteiger partial charge in [-0.1, -0.05) is 279 Å². The third-order valence-corrected chi connectivity index (χ3v) is 18.1. The Balaban J connectivity index is 1.10. The van der Waals surface area contributed by atoms with Gasteiger partial charge in [-0.05, 0) is 116 Å². The molecule has 0 radical (unpaired) electrons. The minimum Gasteiger partial charge on any atom is -0.310 e. The quantitative estimate of drug-likeness (QED) is 0.120. The summed E-state index contributed by atoms with van der Waals surface area (Å²) in [5, 5.41) is 2.37. The maximum Gasteiger partial charge on any atom is 0.252 e. The predicted octanol–water partition coefficient (Wildman–Crippen LogP) is 20.7. The summed E-state index contributed by atoms with van der Waals surface area (Å²) in [5.74, 6) is 0. The van der Waals surface area contributed by atoms with E-state index in [0.717, 1.165) is 118 Å². The molecule has 0 saturated carbocycles. The van der Waals surface area contributed by atoms with Gasteiger partial charge in [-0.25, -0.2) is 0 Å². The fourth-order valence-electron chi connectivity index (χ4n) is 14.4. The standard InChI is InChI=1S/C84H57BN4/c1-9-29-58(30-10-1)63-51-53-76-74(55-63)85-73-52-54-77-80(72-45-25-26-50-75(72)87(77)66-43-23-8-24-44-66)84(73)89(83-70(61-35-15-4-16-36-61)48-28-49-71(83)62-37-17-5-18-38-62)79-57-67(86(64-39-19-6-20-40-64)65-41-21-7-22-42-65)56-78(81(79)85)88(76)82-68(59-31-11-2-12-32-59)46-27-47-69(82)60-33-13-3-14-34-60/h1-57H. The van der Waals surface area contributed by atoms with Crippen molar-refractivity contribution >= 4 is 96.1 Å². The number of fused-ring (bicyclic) bond motifs is 8. The molecular weight excluding hydrogens is 1080 g/mol. The molecule has 4 nitrogen and oxygen atoms in total. The van der Waals surface area contributed by atoms with Crippen LogP contribution in [0.3, 0.4) is 0 Å². The van der Waals surface area contributed by atoms with Gasteiger partial charge in [-0.2, -0.15) is 0 Å². The predicted molar refractivity (Wildman–Crippen MR) is 377 cm³/mol. The highest BCUT2D eigenvalue weighted by molar-refractivity contribution is 7.00. The van der Waals surface area contributed by atoms with Gasteiger partial charge in [-0.15, -0.1) is 0 Å². The number of hydrogen-bond acceptors (Lipinski definition) is 3. The molecule has 1 aromatic heterocycles. The van der Waals surface area contributed by atoms with Crippen LogP contribution in [0.25, 0.3) is 83.1 Å². The van der Waals surface area contributed by atoms with Crippen molar-refractivity contribution in [2.45, 2.75) is 0 Å². The van der Waals surface area contributed by atoms with Crippen molar-refractivity contribution in [2.24, 2.45) is 0 Å². The lowest BCUT2D eigenvalue weighted by Crippen LogP contribution is -2.61. The first-order valence-electron chi connectivity index (χ1n) is 30.7. The molecule has 0 saturated heterocycles. The van der Waals surface area contributed by atoms with Gasteiger partial charge in [-0.3, -0.25) is 0 Å². The number of hydrogen-bond donors (Lipinski definition) is 0. The van der Waals surface area contributed by atoms with Gasteiger partial charge >= 0.3 is 0 Å². The van der Waals surface area contributed by atoms with Crippen LogP contribution in [-0.4, -0.2) is 11.3 Å². The average Bonchev–Trinajstić information content (AvgIpc) is 1.61. The molecule has 0 unspecified atom stereocenters. The van der Waals surface area contributed by atoms with Crippen LogP contribution in [0.4, 0.5) is 51.2 Å². The zero-order chi connectivity index (χ0) is 58.8. The van der Waals surface area contributed by atoms with Crippen LogP contribution in [0, 0.1) is 0 Å². The van der Waals surface area contributed by atoms with E-state index in [9.17, 15) is 0 Å². The molecule has 0 fully saturated rings. The topological polar surface area (TPSA) is 14.7 Å². The van der Waals surface area contributed by atoms with Crippen LogP contribution in [0.15, 0.2) is 346 Å². The lowest BCUT2D eigenvalue weighted by atomic mass is 9.33. The van der Waals surface area contributed by atoms with Crippen molar-refractivity contribution in [3.05, 3.63) is 346 Å². The summed E-state index contributed by atoms with van der Waals surface area (Å²) in [4.78, 5) is 7.81. The van der Waals surface area contributed by atoms with Gasteiger partial charge in [0.1, 0.15) is 0 Å². The summed E-state index contributed by atoms with van der Waals surface area (Å²) < 4.78 is 2.48. The molecule has 0 bridgehead atoms. The van der Waals surface area contributed by atoms with Gasteiger partial charge in [0, 0.05) is 67.2 Å². The van der Waals surface area contributed by atoms with Crippen molar-refractivity contribution < 1.29 is 0 Å². The molecule has 2 aliphatic rings. The second-order valence-corrected chi connectivity index (χ2v) is 23.1. The van der Waals surface area contributed by atoms with Gasteiger partial charge in [0.15, 0.2) is 0 Å². The minimum absolute atomic E-state index is 0.256. The highest BCUT2D eigenvalue weighted by Gasteiger charge is 2.47. The molecule has 17 rings (SSSR count). The van der Waals surface area contributed by atoms with Crippen LogP contribution in [-0.2, 0) is 0 Å². The van der Waals surface area contributed by atoms with Crippen molar-refractivity contribution in [3.63, 3.8) is 0 Å². The van der Waals surface area contributed by atoms with E-state index in [1.807, 2.05) is 0 Å². The SMILES string of the molecule is c1ccc(-c2ccc3c(c2)B2c4ccc5c(c4N(c4c(-c6ccccc6)cccc4-c4ccccc4)c4cc(N(c6ccccc6)c6ccccc6)cc(c42)N3c2c(-c3ccccc3)cccc2-c2ccccc2)c2ccccc2n5-c2ccccc2)cc1. The zero-order valence-corrected chi connectivity index (χ0v) is 48.8. The number of anilines is 9. The van der Waals surface area contributed by atoms with E-state index >= 15 is 0 Å². The first-order chi connectivity index (χ1) is 44.2. The Kier molecular flexibility index (Phi) is 12.6. The van der Waals surface area contributed by atoms with E-state index in [4.69, 9.17) is 0 Å². The molecule has 0 aliphatic carbocycles. The van der Waals surface area contributed by atoms with Crippen LogP contribution in [0.1, 0.15) is 0 Å². The Morgan fingerprint density at radius 3 is 1.19 bits per heavy atom. The highest BCUT2D eigenvalue weighted by Crippen LogP contribution is 2.56. The summed E-state index contributed by atoms with van der Waals surface area (Å²) in [7, 11) is 0. The molecule has 0 atom stereocenters. The summed E-state index contributed by atoms with van der Waals surface area (Å²) >= 11 is 0. The van der Waals surface area contributed by atoms with E-state index in [1.54, 1.807) is 0 Å². The number of nitrogens with zero attached hydrogens (tertiary/aromatic N) is 4. The monoisotopic (exact) mass is 1130 g/mol. The van der Waals surface area contributed by atoms with E-state index in [2.05, 4.69) is 365 Å². The first kappa shape index (κ1) is 51.7. The Hall–Kier alpha value is -11.7. The Labute approximate surface area is 519 Å². The molecule has 2 aliphatic heterocycles. The Morgan fingerprint density at radius 2 is 0.685 bits per heavy atom. The van der Waals surface area contributed by atoms with E-state index in [0.29, 0.717) is 0 Å². The van der Waals surface area contributed by atoms with Gasteiger partial charge in [0.2, 0.25) is 0 Å². The fourth-order valence-corrected chi connectivity index (χ4v) is 14.4. The lowest BCUT2D eigenvalue weighted by Gasteiger charge is -2.46. The molecule has 5 heteroatoms. The third-order valence-electron chi connectivity index (χ3n) is 18.1. The van der Waals surface area contributed by atoms with Crippen molar-refractivity contribution in [2.75, 3.05) is 14.7 Å². The van der Waals surface area contributed by atoms with E-state index in [-0.39, 0.29) is 6.71 Å². The van der Waals surface area contributed by atoms with Crippen LogP contribution < -0.4 is 31.1 Å². The highest BCUT2D eigenvalue weighted by atomic mass is 15.2. The minimum atomic E-state index is -0.256. The summed E-state index contributed by atoms with van der Waals surface area (Å²) in [6.07, 6.45) is 0. The molecule has 0 N–H and O–H groups in total. The molecule has 14 aromatic carbocycles. The second kappa shape index (κ2) is 21.7. The third kappa shape index (κ3) is 8.61. The zero-order valence-electron chi connectivity index (χ0n) is 48.8. The number of aromatic nitrogens is 1. The molecular formula is C84H57BN4. The fraction of sp³-hybridized carbons (Fsp3) is 0. The van der Waals surface area contributed by atoms with Gasteiger partial charge in [0.05, 0.1) is 33.8 Å². The Morgan fingerprint density at radius 1 is 0.258 bits per heavy atom. The number of rotatable bonds is 11. The Bertz CT molecular complexity index is 4960. The van der Waals surface area contributed by atoms with Crippen LogP contribution in [0.2, 0.25) is 0 Å². The van der Waals surface area contributed by atoms with E-state index < -0.39 is 0 Å². The number of benzene rings is 14. The summed E-state index contributed by atoms with van der Waals surface area (Å²) in [6, 6.07) is 128. The van der Waals surface area contributed by atoms with E-state index in [1.165, 1.54) is 32.7 Å². The largest absolute Gasteiger partial charge is 0.310 e. The van der Waals surface area contributed by atoms with Crippen molar-refractivity contribution in [1.29, 1.82) is 0 Å². The summed E-state index contributed by atoms with van der Waals surface area (Å²) in [5.41, 5.74) is 28.3. The molecule has 0 spiro atoms. The van der Waals surface area contributed by atoms with Crippen molar-refractivity contribution in [3.8, 4) is 61.3 Å². The average molecular weight is 1130 g/mol. The van der Waals surface area contributed by atoms with Crippen LogP contribution in [0.5, 0.6) is 0 Å². The molecule has 0 amide bonds. The molecule has 15 aromatic rings. The van der Waals surface area contributed by atoms with Crippen LogP contribution >= 0.6 is 0 Å². The molecule has 89 heavy (non-hydrogen) atoms. The maximum absolute atomic E-state index is 2.71. The normalized spacial score (nSPS) is 12.2.